The van der Waals surface area contributed by atoms with Crippen molar-refractivity contribution in [2.75, 3.05) is 13.2 Å². The molecule has 0 bridgehead atoms. The molecular formula is C23H25ClN4O2S. The molecule has 0 radical (unpaired) electrons. The van der Waals surface area contributed by atoms with Crippen molar-refractivity contribution in [3.8, 4) is 5.69 Å². The first-order chi connectivity index (χ1) is 15.1. The topological polar surface area (TPSA) is 69.0 Å². The summed E-state index contributed by atoms with van der Waals surface area (Å²) in [5.41, 5.74) is 2.05. The van der Waals surface area contributed by atoms with Gasteiger partial charge in [0.1, 0.15) is 5.82 Å². The van der Waals surface area contributed by atoms with E-state index in [0.717, 1.165) is 36.5 Å². The molecule has 1 aromatic heterocycles. The quantitative estimate of drug-likeness (QED) is 0.512. The molecule has 6 nitrogen and oxygen atoms in total. The number of nitrogens with one attached hydrogen (secondary N) is 1. The van der Waals surface area contributed by atoms with Crippen molar-refractivity contribution in [3.63, 3.8) is 0 Å². The molecule has 0 unspecified atom stereocenters. The van der Waals surface area contributed by atoms with Gasteiger partial charge in [-0.1, -0.05) is 53.7 Å². The van der Waals surface area contributed by atoms with Gasteiger partial charge in [-0.05, 0) is 49.6 Å². The molecule has 1 amide bonds. The molecule has 31 heavy (non-hydrogen) atoms. The Balaban J connectivity index is 1.53. The number of nitrogens with zero attached hydrogens (tertiary/aromatic N) is 3. The smallest absolute Gasteiger partial charge is 0.233 e. The Kier molecular flexibility index (Phi) is 7.27. The van der Waals surface area contributed by atoms with E-state index in [2.05, 4.69) is 27.6 Å². The van der Waals surface area contributed by atoms with Crippen LogP contribution < -0.4 is 5.32 Å². The summed E-state index contributed by atoms with van der Waals surface area (Å²) in [5, 5.41) is 12.9. The maximum atomic E-state index is 12.6. The second-order valence-corrected chi connectivity index (χ2v) is 9.26. The fourth-order valence-corrected chi connectivity index (χ4v) is 4.53. The van der Waals surface area contributed by atoms with E-state index in [4.69, 9.17) is 16.3 Å². The summed E-state index contributed by atoms with van der Waals surface area (Å²) >= 11 is 7.48. The molecule has 3 aromatic rings. The summed E-state index contributed by atoms with van der Waals surface area (Å²) < 4.78 is 7.59. The van der Waals surface area contributed by atoms with Gasteiger partial charge in [-0.25, -0.2) is 0 Å². The molecule has 0 aliphatic carbocycles. The third-order valence-electron chi connectivity index (χ3n) is 5.17. The Bertz CT molecular complexity index is 1000. The Labute approximate surface area is 191 Å². The minimum Gasteiger partial charge on any atom is -0.376 e. The van der Waals surface area contributed by atoms with Gasteiger partial charge in [-0.3, -0.25) is 9.36 Å². The third kappa shape index (κ3) is 5.67. The average molecular weight is 457 g/mol. The number of carbonyl (C=O) groups is 1. The maximum absolute atomic E-state index is 12.6. The lowest BCUT2D eigenvalue weighted by molar-refractivity contribution is -0.120. The highest BCUT2D eigenvalue weighted by molar-refractivity contribution is 8.00. The van der Waals surface area contributed by atoms with Crippen molar-refractivity contribution in [3.05, 3.63) is 71.0 Å². The number of ether oxygens (including phenoxy) is 1. The second-order valence-electron chi connectivity index (χ2n) is 7.51. The monoisotopic (exact) mass is 456 g/mol. The van der Waals surface area contributed by atoms with Crippen LogP contribution in [0.4, 0.5) is 0 Å². The van der Waals surface area contributed by atoms with E-state index in [1.807, 2.05) is 54.0 Å². The van der Waals surface area contributed by atoms with Crippen molar-refractivity contribution in [1.82, 2.24) is 20.1 Å². The summed E-state index contributed by atoms with van der Waals surface area (Å²) in [6.45, 7) is 3.21. The first-order valence-corrected chi connectivity index (χ1v) is 11.7. The lowest BCUT2D eigenvalue weighted by atomic mass is 10.1. The van der Waals surface area contributed by atoms with Crippen LogP contribution in [0.15, 0.2) is 59.8 Å². The van der Waals surface area contributed by atoms with Crippen molar-refractivity contribution in [2.45, 2.75) is 42.7 Å². The summed E-state index contributed by atoms with van der Waals surface area (Å²) in [6.07, 6.45) is 2.81. The molecule has 0 saturated carbocycles. The van der Waals surface area contributed by atoms with E-state index in [-0.39, 0.29) is 17.3 Å². The summed E-state index contributed by atoms with van der Waals surface area (Å²) in [4.78, 5) is 12.6. The average Bonchev–Trinajstić information content (AvgIpc) is 3.44. The number of hydrogen-bond acceptors (Lipinski definition) is 5. The molecule has 1 N–H and O–H groups in total. The van der Waals surface area contributed by atoms with Crippen LogP contribution in [0.1, 0.15) is 31.2 Å². The predicted octanol–water partition coefficient (Wildman–Crippen LogP) is 4.29. The number of rotatable bonds is 8. The number of thioether (sulfide) groups is 1. The van der Waals surface area contributed by atoms with Crippen LogP contribution in [0, 0.1) is 0 Å². The molecule has 4 rings (SSSR count). The highest BCUT2D eigenvalue weighted by Gasteiger charge is 2.23. The predicted molar refractivity (Wildman–Crippen MR) is 123 cm³/mol. The third-order valence-corrected chi connectivity index (χ3v) is 6.46. The number of amides is 1. The van der Waals surface area contributed by atoms with Crippen molar-refractivity contribution in [2.24, 2.45) is 0 Å². The van der Waals surface area contributed by atoms with Gasteiger partial charge in [-0.2, -0.15) is 0 Å². The first kappa shape index (κ1) is 21.9. The van der Waals surface area contributed by atoms with Crippen LogP contribution in [0.5, 0.6) is 0 Å². The molecule has 2 aromatic carbocycles. The zero-order valence-electron chi connectivity index (χ0n) is 17.3. The molecule has 0 spiro atoms. The Morgan fingerprint density at radius 2 is 2.00 bits per heavy atom. The number of benzene rings is 2. The molecule has 1 aliphatic heterocycles. The van der Waals surface area contributed by atoms with E-state index in [0.29, 0.717) is 23.1 Å². The van der Waals surface area contributed by atoms with Gasteiger partial charge in [0.05, 0.1) is 11.4 Å². The lowest BCUT2D eigenvalue weighted by Crippen LogP contribution is -2.36. The number of aromatic nitrogens is 3. The van der Waals surface area contributed by atoms with E-state index in [1.165, 1.54) is 11.8 Å². The summed E-state index contributed by atoms with van der Waals surface area (Å²) in [7, 11) is 0. The van der Waals surface area contributed by atoms with E-state index >= 15 is 0 Å². The van der Waals surface area contributed by atoms with Crippen LogP contribution >= 0.6 is 23.4 Å². The van der Waals surface area contributed by atoms with Gasteiger partial charge in [0, 0.05) is 30.3 Å². The SMILES string of the molecule is C[C@@H](Sc1nnc(Cc2ccccc2)n1-c1ccc(Cl)cc1)C(=O)NC[C@@H]1CCCO1. The normalized spacial score (nSPS) is 16.9. The van der Waals surface area contributed by atoms with Gasteiger partial charge in [-0.15, -0.1) is 10.2 Å². The van der Waals surface area contributed by atoms with Crippen molar-refractivity contribution < 1.29 is 9.53 Å². The zero-order valence-corrected chi connectivity index (χ0v) is 18.9. The van der Waals surface area contributed by atoms with E-state index in [1.54, 1.807) is 0 Å². The van der Waals surface area contributed by atoms with E-state index < -0.39 is 0 Å². The standard InChI is InChI=1S/C23H25ClN4O2S/c1-16(22(29)25-15-20-8-5-13-30-20)31-23-27-26-21(14-17-6-3-2-4-7-17)28(23)19-11-9-18(24)10-12-19/h2-4,6-7,9-12,16,20H,5,8,13-15H2,1H3,(H,25,29)/t16-,20+/m1/s1. The van der Waals surface area contributed by atoms with Crippen LogP contribution in [0.2, 0.25) is 5.02 Å². The fourth-order valence-electron chi connectivity index (χ4n) is 3.49. The first-order valence-electron chi connectivity index (χ1n) is 10.4. The molecule has 2 atom stereocenters. The van der Waals surface area contributed by atoms with Gasteiger partial charge in [0.25, 0.3) is 0 Å². The zero-order chi connectivity index (χ0) is 21.6. The van der Waals surface area contributed by atoms with Crippen molar-refractivity contribution in [1.29, 1.82) is 0 Å². The van der Waals surface area contributed by atoms with Crippen LogP contribution in [0.25, 0.3) is 5.69 Å². The highest BCUT2D eigenvalue weighted by Crippen LogP contribution is 2.27. The van der Waals surface area contributed by atoms with E-state index in [9.17, 15) is 4.79 Å². The molecule has 162 valence electrons. The van der Waals surface area contributed by atoms with Crippen LogP contribution in [0.3, 0.4) is 0 Å². The Morgan fingerprint density at radius 3 is 2.71 bits per heavy atom. The van der Waals surface area contributed by atoms with Crippen LogP contribution in [-0.4, -0.2) is 45.2 Å². The second kappa shape index (κ2) is 10.3. The highest BCUT2D eigenvalue weighted by atomic mass is 35.5. The molecular weight excluding hydrogens is 432 g/mol. The Hall–Kier alpha value is -2.35. The lowest BCUT2D eigenvalue weighted by Gasteiger charge is -2.15. The van der Waals surface area contributed by atoms with Gasteiger partial charge in [0.2, 0.25) is 5.91 Å². The fraction of sp³-hybridized carbons (Fsp3) is 0.348. The molecule has 2 heterocycles. The Morgan fingerprint density at radius 1 is 1.23 bits per heavy atom. The van der Waals surface area contributed by atoms with Crippen LogP contribution in [-0.2, 0) is 16.0 Å². The minimum absolute atomic E-state index is 0.0317. The van der Waals surface area contributed by atoms with Gasteiger partial charge >= 0.3 is 0 Å². The molecule has 1 fully saturated rings. The van der Waals surface area contributed by atoms with Crippen molar-refractivity contribution >= 4 is 29.3 Å². The number of carbonyl (C=O) groups excluding carboxylic acids is 1. The number of halogens is 1. The maximum Gasteiger partial charge on any atom is 0.233 e. The largest absolute Gasteiger partial charge is 0.376 e. The molecule has 1 saturated heterocycles. The van der Waals surface area contributed by atoms with Gasteiger partial charge in [0.15, 0.2) is 5.16 Å². The van der Waals surface area contributed by atoms with Gasteiger partial charge < -0.3 is 10.1 Å². The molecule has 8 heteroatoms. The molecule has 1 aliphatic rings. The number of hydrogen-bond donors (Lipinski definition) is 1. The summed E-state index contributed by atoms with van der Waals surface area (Å²) in [6, 6.07) is 17.7. The minimum atomic E-state index is -0.318. The summed E-state index contributed by atoms with van der Waals surface area (Å²) in [5.74, 6) is 0.777.